The molecule has 0 fully saturated rings. The Morgan fingerprint density at radius 3 is 2.73 bits per heavy atom. The van der Waals surface area contributed by atoms with Gasteiger partial charge < -0.3 is 5.73 Å². The fraction of sp³-hybridized carbons (Fsp3) is 0.455. The van der Waals surface area contributed by atoms with Crippen LogP contribution in [0, 0.1) is 5.82 Å². The quantitative estimate of drug-likeness (QED) is 0.772. The summed E-state index contributed by atoms with van der Waals surface area (Å²) >= 11 is 0. The number of carbonyl (C=O) groups is 1. The molecule has 0 aliphatic carbocycles. The first kappa shape index (κ1) is 11.8. The lowest BCUT2D eigenvalue weighted by Crippen LogP contribution is -2.32. The highest BCUT2D eigenvalue weighted by molar-refractivity contribution is 5.95. The first-order valence-electron chi connectivity index (χ1n) is 4.81. The van der Waals surface area contributed by atoms with Gasteiger partial charge in [0.2, 0.25) is 0 Å². The van der Waals surface area contributed by atoms with E-state index in [1.54, 1.807) is 0 Å². The van der Waals surface area contributed by atoms with Crippen molar-refractivity contribution < 1.29 is 9.18 Å². The van der Waals surface area contributed by atoms with Gasteiger partial charge in [-0.3, -0.25) is 9.78 Å². The fourth-order valence-corrected chi connectivity index (χ4v) is 1.14. The van der Waals surface area contributed by atoms with Gasteiger partial charge in [-0.25, -0.2) is 4.39 Å². The molecule has 1 aromatic heterocycles. The topological polar surface area (TPSA) is 56.0 Å². The Balaban J connectivity index is 2.62. The minimum atomic E-state index is -0.493. The zero-order valence-electron chi connectivity index (χ0n) is 8.96. The number of rotatable bonds is 4. The van der Waals surface area contributed by atoms with E-state index in [2.05, 4.69) is 4.98 Å². The first-order valence-corrected chi connectivity index (χ1v) is 4.81. The molecule has 0 saturated heterocycles. The molecule has 0 saturated carbocycles. The highest BCUT2D eigenvalue weighted by atomic mass is 19.1. The summed E-state index contributed by atoms with van der Waals surface area (Å²) in [5.74, 6) is -0.617. The van der Waals surface area contributed by atoms with Gasteiger partial charge in [0.15, 0.2) is 5.78 Å². The van der Waals surface area contributed by atoms with Crippen LogP contribution < -0.4 is 5.73 Å². The fourth-order valence-electron chi connectivity index (χ4n) is 1.14. The van der Waals surface area contributed by atoms with Crippen LogP contribution in [0.4, 0.5) is 4.39 Å². The van der Waals surface area contributed by atoms with Crippen LogP contribution >= 0.6 is 0 Å². The van der Waals surface area contributed by atoms with E-state index in [1.165, 1.54) is 12.3 Å². The zero-order valence-corrected chi connectivity index (χ0v) is 8.96. The second-order valence-electron chi connectivity index (χ2n) is 4.30. The van der Waals surface area contributed by atoms with E-state index >= 15 is 0 Å². The van der Waals surface area contributed by atoms with Crippen LogP contribution in [0.2, 0.25) is 0 Å². The molecule has 1 heterocycles. The molecule has 82 valence electrons. The maximum absolute atomic E-state index is 12.8. The standard InChI is InChI=1S/C11H15FN2O/c1-11(2,13)4-3-10(15)8-5-9(12)7-14-6-8/h5-7H,3-4,13H2,1-2H3. The zero-order chi connectivity index (χ0) is 11.5. The van der Waals surface area contributed by atoms with Gasteiger partial charge in [-0.15, -0.1) is 0 Å². The normalized spacial score (nSPS) is 11.5. The number of hydrogen-bond acceptors (Lipinski definition) is 3. The number of nitrogens with two attached hydrogens (primary N) is 1. The molecule has 15 heavy (non-hydrogen) atoms. The van der Waals surface area contributed by atoms with Gasteiger partial charge in [-0.2, -0.15) is 0 Å². The van der Waals surface area contributed by atoms with E-state index in [9.17, 15) is 9.18 Å². The van der Waals surface area contributed by atoms with Gasteiger partial charge in [0.25, 0.3) is 0 Å². The van der Waals surface area contributed by atoms with Crippen molar-refractivity contribution in [2.24, 2.45) is 5.73 Å². The van der Waals surface area contributed by atoms with E-state index in [4.69, 9.17) is 5.73 Å². The number of carbonyl (C=O) groups excluding carboxylic acids is 1. The van der Waals surface area contributed by atoms with E-state index in [0.717, 1.165) is 6.20 Å². The van der Waals surface area contributed by atoms with E-state index in [-0.39, 0.29) is 11.3 Å². The molecule has 2 N–H and O–H groups in total. The number of pyridine rings is 1. The predicted molar refractivity (Wildman–Crippen MR) is 56.0 cm³/mol. The molecule has 0 radical (unpaired) electrons. The molecule has 3 nitrogen and oxygen atoms in total. The Morgan fingerprint density at radius 2 is 2.20 bits per heavy atom. The highest BCUT2D eigenvalue weighted by Crippen LogP contribution is 2.11. The van der Waals surface area contributed by atoms with Gasteiger partial charge in [0, 0.05) is 23.7 Å². The summed E-state index contributed by atoms with van der Waals surface area (Å²) in [5, 5.41) is 0. The lowest BCUT2D eigenvalue weighted by molar-refractivity contribution is 0.0972. The summed E-state index contributed by atoms with van der Waals surface area (Å²) in [6.07, 6.45) is 3.33. The van der Waals surface area contributed by atoms with Gasteiger partial charge >= 0.3 is 0 Å². The Hall–Kier alpha value is -1.29. The Morgan fingerprint density at radius 1 is 1.53 bits per heavy atom. The molecule has 0 spiro atoms. The molecule has 0 aromatic carbocycles. The third kappa shape index (κ3) is 4.16. The molecule has 4 heteroatoms. The van der Waals surface area contributed by atoms with Crippen LogP contribution in [0.15, 0.2) is 18.5 Å². The third-order valence-corrected chi connectivity index (χ3v) is 2.02. The van der Waals surface area contributed by atoms with Crippen LogP contribution in [0.25, 0.3) is 0 Å². The molecule has 0 aliphatic rings. The predicted octanol–water partition coefficient (Wildman–Crippen LogP) is 1.92. The summed E-state index contributed by atoms with van der Waals surface area (Å²) in [5.41, 5.74) is 5.68. The number of Topliss-reactive ketones (excluding diaryl/α,β-unsaturated/α-hetero) is 1. The number of aromatic nitrogens is 1. The van der Waals surface area contributed by atoms with Crippen molar-refractivity contribution in [3.63, 3.8) is 0 Å². The van der Waals surface area contributed by atoms with Crippen LogP contribution in [0.3, 0.4) is 0 Å². The Bertz CT molecular complexity index is 358. The minimum absolute atomic E-state index is 0.125. The second-order valence-corrected chi connectivity index (χ2v) is 4.30. The van der Waals surface area contributed by atoms with E-state index in [1.807, 2.05) is 13.8 Å². The minimum Gasteiger partial charge on any atom is -0.326 e. The highest BCUT2D eigenvalue weighted by Gasteiger charge is 2.14. The van der Waals surface area contributed by atoms with Gasteiger partial charge in [-0.1, -0.05) is 0 Å². The number of nitrogens with zero attached hydrogens (tertiary/aromatic N) is 1. The first-order chi connectivity index (χ1) is 6.88. The van der Waals surface area contributed by atoms with Crippen molar-refractivity contribution in [3.05, 3.63) is 29.8 Å². The number of ketones is 1. The van der Waals surface area contributed by atoms with Crippen LogP contribution in [0.5, 0.6) is 0 Å². The molecule has 0 aliphatic heterocycles. The van der Waals surface area contributed by atoms with Crippen LogP contribution in [-0.4, -0.2) is 16.3 Å². The van der Waals surface area contributed by atoms with Crippen LogP contribution in [0.1, 0.15) is 37.0 Å². The maximum atomic E-state index is 12.8. The monoisotopic (exact) mass is 210 g/mol. The van der Waals surface area contributed by atoms with Crippen molar-refractivity contribution in [3.8, 4) is 0 Å². The summed E-state index contributed by atoms with van der Waals surface area (Å²) < 4.78 is 12.8. The average Bonchev–Trinajstić information content (AvgIpc) is 2.13. The molecule has 0 unspecified atom stereocenters. The van der Waals surface area contributed by atoms with Crippen LogP contribution in [-0.2, 0) is 0 Å². The SMILES string of the molecule is CC(C)(N)CCC(=O)c1cncc(F)c1. The second kappa shape index (κ2) is 4.49. The molecular weight excluding hydrogens is 195 g/mol. The van der Waals surface area contributed by atoms with Gasteiger partial charge in [0.1, 0.15) is 5.82 Å². The Kier molecular flexibility index (Phi) is 3.52. The van der Waals surface area contributed by atoms with Gasteiger partial charge in [0.05, 0.1) is 6.20 Å². The van der Waals surface area contributed by atoms with Crippen molar-refractivity contribution in [2.75, 3.05) is 0 Å². The molecule has 1 rings (SSSR count). The van der Waals surface area contributed by atoms with Gasteiger partial charge in [-0.05, 0) is 26.3 Å². The third-order valence-electron chi connectivity index (χ3n) is 2.02. The van der Waals surface area contributed by atoms with E-state index < -0.39 is 5.82 Å². The summed E-state index contributed by atoms with van der Waals surface area (Å²) in [7, 11) is 0. The largest absolute Gasteiger partial charge is 0.326 e. The van der Waals surface area contributed by atoms with E-state index in [0.29, 0.717) is 18.4 Å². The molecule has 0 atom stereocenters. The molecule has 1 aromatic rings. The Labute approximate surface area is 88.5 Å². The van der Waals surface area contributed by atoms with Crippen molar-refractivity contribution in [1.82, 2.24) is 4.98 Å². The smallest absolute Gasteiger partial charge is 0.164 e. The lowest BCUT2D eigenvalue weighted by atomic mass is 9.96. The lowest BCUT2D eigenvalue weighted by Gasteiger charge is -2.17. The summed E-state index contributed by atoms with van der Waals surface area (Å²) in [6, 6.07) is 1.19. The van der Waals surface area contributed by atoms with Crippen molar-refractivity contribution in [1.29, 1.82) is 0 Å². The molecule has 0 amide bonds. The van der Waals surface area contributed by atoms with Crippen molar-refractivity contribution >= 4 is 5.78 Å². The summed E-state index contributed by atoms with van der Waals surface area (Å²) in [4.78, 5) is 15.2. The maximum Gasteiger partial charge on any atom is 0.164 e. The molecular formula is C11H15FN2O. The number of halogens is 1. The summed E-state index contributed by atoms with van der Waals surface area (Å²) in [6.45, 7) is 3.70. The number of hydrogen-bond donors (Lipinski definition) is 1. The van der Waals surface area contributed by atoms with Crippen molar-refractivity contribution in [2.45, 2.75) is 32.2 Å². The average molecular weight is 210 g/mol. The molecule has 0 bridgehead atoms.